The van der Waals surface area contributed by atoms with Gasteiger partial charge >= 0.3 is 0 Å². The zero-order valence-electron chi connectivity index (χ0n) is 11.0. The molecule has 0 amide bonds. The van der Waals surface area contributed by atoms with Gasteiger partial charge in [-0.15, -0.1) is 0 Å². The minimum atomic E-state index is 1.03. The SMILES string of the molecule is Ic1cc2c(c3c1CCCC3)Cc1cccc(I)c1O2. The number of fused-ring (bicyclic) bond motifs is 4. The predicted molar refractivity (Wildman–Crippen MR) is 97.8 cm³/mol. The minimum absolute atomic E-state index is 1.03. The van der Waals surface area contributed by atoms with Crippen LogP contribution in [0.2, 0.25) is 0 Å². The van der Waals surface area contributed by atoms with Crippen LogP contribution in [-0.4, -0.2) is 0 Å². The Kier molecular flexibility index (Phi) is 3.45. The number of hydrogen-bond donors (Lipinski definition) is 0. The van der Waals surface area contributed by atoms with Crippen molar-refractivity contribution in [1.29, 1.82) is 0 Å². The Labute approximate surface area is 146 Å². The summed E-state index contributed by atoms with van der Waals surface area (Å²) in [6, 6.07) is 8.70. The maximum atomic E-state index is 6.24. The van der Waals surface area contributed by atoms with Crippen molar-refractivity contribution < 1.29 is 4.74 Å². The first-order valence-electron chi connectivity index (χ1n) is 7.02. The average molecular weight is 488 g/mol. The Bertz CT molecular complexity index is 707. The third-order valence-electron chi connectivity index (χ3n) is 4.30. The van der Waals surface area contributed by atoms with Crippen LogP contribution < -0.4 is 4.74 Å². The quantitative estimate of drug-likeness (QED) is 0.382. The van der Waals surface area contributed by atoms with Gasteiger partial charge in [0.05, 0.1) is 3.57 Å². The van der Waals surface area contributed by atoms with Gasteiger partial charge in [0.1, 0.15) is 11.5 Å². The normalized spacial score (nSPS) is 15.9. The molecule has 0 N–H and O–H groups in total. The van der Waals surface area contributed by atoms with Crippen LogP contribution in [0.4, 0.5) is 0 Å². The molecule has 0 bridgehead atoms. The van der Waals surface area contributed by atoms with Crippen molar-refractivity contribution in [2.24, 2.45) is 0 Å². The third kappa shape index (κ3) is 2.08. The van der Waals surface area contributed by atoms with Crippen LogP contribution in [0.3, 0.4) is 0 Å². The van der Waals surface area contributed by atoms with E-state index in [1.807, 2.05) is 0 Å². The van der Waals surface area contributed by atoms with Crippen LogP contribution in [0.1, 0.15) is 35.1 Å². The molecule has 1 nitrogen and oxygen atoms in total. The molecule has 1 aliphatic carbocycles. The molecule has 1 heterocycles. The van der Waals surface area contributed by atoms with Crippen molar-refractivity contribution in [3.63, 3.8) is 0 Å². The largest absolute Gasteiger partial charge is 0.456 e. The molecule has 2 aromatic rings. The van der Waals surface area contributed by atoms with Gasteiger partial charge < -0.3 is 4.74 Å². The molecule has 0 unspecified atom stereocenters. The summed E-state index contributed by atoms with van der Waals surface area (Å²) < 4.78 is 8.83. The van der Waals surface area contributed by atoms with Crippen molar-refractivity contribution in [1.82, 2.24) is 0 Å². The second-order valence-electron chi connectivity index (χ2n) is 5.51. The van der Waals surface area contributed by atoms with Crippen molar-refractivity contribution in [3.8, 4) is 11.5 Å². The number of hydrogen-bond acceptors (Lipinski definition) is 1. The van der Waals surface area contributed by atoms with E-state index in [0.29, 0.717) is 0 Å². The van der Waals surface area contributed by atoms with Crippen LogP contribution in [0.25, 0.3) is 0 Å². The molecular weight excluding hydrogens is 474 g/mol. The maximum absolute atomic E-state index is 6.24. The molecule has 20 heavy (non-hydrogen) atoms. The van der Waals surface area contributed by atoms with Crippen LogP contribution in [0.15, 0.2) is 24.3 Å². The standard InChI is InChI=1S/C17H14I2O/c18-14-7-3-4-10-8-13-11-5-1-2-6-12(11)15(19)9-16(13)20-17(10)14/h3-4,7,9H,1-2,5-6,8H2. The van der Waals surface area contributed by atoms with E-state index in [0.717, 1.165) is 17.9 Å². The highest BCUT2D eigenvalue weighted by Crippen LogP contribution is 2.44. The molecule has 0 fully saturated rings. The summed E-state index contributed by atoms with van der Waals surface area (Å²) in [5.74, 6) is 2.15. The highest BCUT2D eigenvalue weighted by molar-refractivity contribution is 14.1. The highest BCUT2D eigenvalue weighted by Gasteiger charge is 2.25. The summed E-state index contributed by atoms with van der Waals surface area (Å²) in [5, 5.41) is 0. The van der Waals surface area contributed by atoms with Crippen molar-refractivity contribution in [3.05, 3.63) is 53.7 Å². The van der Waals surface area contributed by atoms with Gasteiger partial charge in [-0.3, -0.25) is 0 Å². The second kappa shape index (κ2) is 5.16. The van der Waals surface area contributed by atoms with E-state index in [4.69, 9.17) is 4.74 Å². The minimum Gasteiger partial charge on any atom is -0.456 e. The number of ether oxygens (including phenoxy) is 1. The first kappa shape index (κ1) is 13.4. The van der Waals surface area contributed by atoms with E-state index < -0.39 is 0 Å². The monoisotopic (exact) mass is 488 g/mol. The lowest BCUT2D eigenvalue weighted by atomic mass is 9.85. The first-order chi connectivity index (χ1) is 9.74. The number of para-hydroxylation sites is 1. The van der Waals surface area contributed by atoms with Crippen LogP contribution >= 0.6 is 45.2 Å². The van der Waals surface area contributed by atoms with Crippen molar-refractivity contribution in [2.75, 3.05) is 0 Å². The lowest BCUT2D eigenvalue weighted by Gasteiger charge is -2.28. The Balaban J connectivity index is 1.90. The van der Waals surface area contributed by atoms with E-state index in [-0.39, 0.29) is 0 Å². The second-order valence-corrected chi connectivity index (χ2v) is 7.83. The maximum Gasteiger partial charge on any atom is 0.144 e. The van der Waals surface area contributed by atoms with E-state index in [1.54, 1.807) is 11.1 Å². The smallest absolute Gasteiger partial charge is 0.144 e. The van der Waals surface area contributed by atoms with Crippen LogP contribution in [0, 0.1) is 7.14 Å². The molecule has 0 saturated heterocycles. The Morgan fingerprint density at radius 2 is 1.70 bits per heavy atom. The zero-order valence-corrected chi connectivity index (χ0v) is 15.3. The molecule has 2 aliphatic rings. The molecule has 0 radical (unpaired) electrons. The van der Waals surface area contributed by atoms with Crippen molar-refractivity contribution in [2.45, 2.75) is 32.1 Å². The molecule has 102 valence electrons. The summed E-state index contributed by atoms with van der Waals surface area (Å²) in [7, 11) is 0. The van der Waals surface area contributed by atoms with Gasteiger partial charge in [-0.1, -0.05) is 12.1 Å². The lowest BCUT2D eigenvalue weighted by Crippen LogP contribution is -2.13. The third-order valence-corrected chi connectivity index (χ3v) is 6.12. The molecule has 1 aliphatic heterocycles. The molecule has 4 rings (SSSR count). The fourth-order valence-corrected chi connectivity index (χ4v) is 4.87. The molecule has 0 atom stereocenters. The average Bonchev–Trinajstić information content (AvgIpc) is 2.47. The molecule has 2 aromatic carbocycles. The molecule has 3 heteroatoms. The number of halogens is 2. The van der Waals surface area contributed by atoms with Gasteiger partial charge in [0.15, 0.2) is 0 Å². The summed E-state index contributed by atoms with van der Waals surface area (Å²) >= 11 is 4.84. The number of benzene rings is 2. The van der Waals surface area contributed by atoms with E-state index in [2.05, 4.69) is 69.4 Å². The van der Waals surface area contributed by atoms with Gasteiger partial charge in [-0.2, -0.15) is 0 Å². The molecular formula is C17H14I2O. The molecule has 0 spiro atoms. The fourth-order valence-electron chi connectivity index (χ4n) is 3.33. The number of rotatable bonds is 0. The Morgan fingerprint density at radius 1 is 0.900 bits per heavy atom. The Morgan fingerprint density at radius 3 is 2.55 bits per heavy atom. The summed E-state index contributed by atoms with van der Waals surface area (Å²) in [4.78, 5) is 0. The molecule has 0 aromatic heterocycles. The van der Waals surface area contributed by atoms with Gasteiger partial charge in [0, 0.05) is 21.1 Å². The predicted octanol–water partition coefficient (Wildman–Crippen LogP) is 5.47. The summed E-state index contributed by atoms with van der Waals surface area (Å²) in [6.45, 7) is 0. The summed E-state index contributed by atoms with van der Waals surface area (Å²) in [5.41, 5.74) is 5.92. The van der Waals surface area contributed by atoms with Crippen LogP contribution in [-0.2, 0) is 19.3 Å². The fraction of sp³-hybridized carbons (Fsp3) is 0.294. The van der Waals surface area contributed by atoms with E-state index in [9.17, 15) is 0 Å². The van der Waals surface area contributed by atoms with Gasteiger partial charge in [-0.25, -0.2) is 0 Å². The highest BCUT2D eigenvalue weighted by atomic mass is 127. The lowest BCUT2D eigenvalue weighted by molar-refractivity contribution is 0.453. The summed E-state index contributed by atoms with van der Waals surface area (Å²) in [6.07, 6.45) is 6.13. The van der Waals surface area contributed by atoms with Crippen LogP contribution in [0.5, 0.6) is 11.5 Å². The van der Waals surface area contributed by atoms with Crippen molar-refractivity contribution >= 4 is 45.2 Å². The first-order valence-corrected chi connectivity index (χ1v) is 9.18. The van der Waals surface area contributed by atoms with E-state index in [1.165, 1.54) is 44.0 Å². The van der Waals surface area contributed by atoms with Gasteiger partial charge in [-0.05, 0) is 94.1 Å². The van der Waals surface area contributed by atoms with E-state index >= 15 is 0 Å². The van der Waals surface area contributed by atoms with Gasteiger partial charge in [0.25, 0.3) is 0 Å². The Hall–Kier alpha value is -0.300. The topological polar surface area (TPSA) is 9.23 Å². The van der Waals surface area contributed by atoms with Gasteiger partial charge in [0.2, 0.25) is 0 Å². The molecule has 0 saturated carbocycles. The zero-order chi connectivity index (χ0) is 13.7.